The Bertz CT molecular complexity index is 407. The fraction of sp³-hybridized carbons (Fsp3) is 0.737. The molecule has 1 aliphatic rings. The van der Waals surface area contributed by atoms with Gasteiger partial charge in [-0.15, -0.1) is 0 Å². The second-order valence-electron chi connectivity index (χ2n) is 6.22. The molecule has 1 rings (SSSR count). The van der Waals surface area contributed by atoms with Gasteiger partial charge in [0.15, 0.2) is 0 Å². The van der Waals surface area contributed by atoms with Crippen LogP contribution in [0.1, 0.15) is 64.7 Å². The van der Waals surface area contributed by atoms with Gasteiger partial charge in [-0.25, -0.2) is 14.7 Å². The van der Waals surface area contributed by atoms with Crippen LogP contribution in [0.15, 0.2) is 24.3 Å². The van der Waals surface area contributed by atoms with Crippen LogP contribution in [0, 0.1) is 0 Å². The summed E-state index contributed by atoms with van der Waals surface area (Å²) < 4.78 is 4.61. The smallest absolute Gasteiger partial charge is 0.305 e. The lowest BCUT2D eigenvalue weighted by molar-refractivity contribution is -0.347. The molecule has 1 heterocycles. The predicted molar refractivity (Wildman–Crippen MR) is 94.8 cm³/mol. The van der Waals surface area contributed by atoms with Gasteiger partial charge < -0.3 is 4.74 Å². The average Bonchev–Trinajstić information content (AvgIpc) is 3.09. The zero-order valence-electron chi connectivity index (χ0n) is 15.4. The zero-order chi connectivity index (χ0) is 18.3. The van der Waals surface area contributed by atoms with Crippen molar-refractivity contribution in [3.63, 3.8) is 0 Å². The van der Waals surface area contributed by atoms with E-state index in [9.17, 15) is 4.79 Å². The van der Waals surface area contributed by atoms with E-state index in [2.05, 4.69) is 22.6 Å². The number of unbranched alkanes of at least 4 members (excludes halogenated alkanes) is 4. The molecule has 0 saturated carbocycles. The van der Waals surface area contributed by atoms with Crippen molar-refractivity contribution in [3.8, 4) is 0 Å². The lowest BCUT2D eigenvalue weighted by Gasteiger charge is -2.15. The van der Waals surface area contributed by atoms with Crippen LogP contribution in [-0.2, 0) is 24.2 Å². The second-order valence-corrected chi connectivity index (χ2v) is 6.22. The maximum Gasteiger partial charge on any atom is 0.305 e. The van der Waals surface area contributed by atoms with Crippen molar-refractivity contribution in [2.24, 2.45) is 0 Å². The second kappa shape index (κ2) is 14.0. The summed E-state index contributed by atoms with van der Waals surface area (Å²) in [4.78, 5) is 26.1. The van der Waals surface area contributed by atoms with Crippen LogP contribution in [0.3, 0.4) is 0 Å². The Hall–Kier alpha value is -1.21. The first-order valence-electron chi connectivity index (χ1n) is 9.22. The van der Waals surface area contributed by atoms with Crippen molar-refractivity contribution in [2.45, 2.75) is 83.0 Å². The molecule has 0 bridgehead atoms. The SMILES string of the molecule is CC/C=C\CC(OO)C1CC(/C=C/CCCCCCC(=O)OC)OO1. The molecule has 0 aromatic rings. The number of allylic oxidation sites excluding steroid dienone is 2. The maximum atomic E-state index is 11.0. The molecule has 1 N–H and O–H groups in total. The number of methoxy groups -OCH3 is 1. The normalized spacial score (nSPS) is 22.0. The average molecular weight is 356 g/mol. The molecule has 25 heavy (non-hydrogen) atoms. The van der Waals surface area contributed by atoms with E-state index >= 15 is 0 Å². The minimum Gasteiger partial charge on any atom is -0.469 e. The van der Waals surface area contributed by atoms with Gasteiger partial charge in [0.2, 0.25) is 0 Å². The molecule has 3 atom stereocenters. The summed E-state index contributed by atoms with van der Waals surface area (Å²) in [6.45, 7) is 2.06. The van der Waals surface area contributed by atoms with Crippen LogP contribution in [0.5, 0.6) is 0 Å². The first-order chi connectivity index (χ1) is 12.2. The van der Waals surface area contributed by atoms with Crippen LogP contribution >= 0.6 is 0 Å². The van der Waals surface area contributed by atoms with Gasteiger partial charge in [-0.2, -0.15) is 0 Å². The van der Waals surface area contributed by atoms with Crippen molar-refractivity contribution >= 4 is 5.97 Å². The Kier molecular flexibility index (Phi) is 12.2. The Balaban J connectivity index is 2.12. The summed E-state index contributed by atoms with van der Waals surface area (Å²) in [5, 5.41) is 9.02. The van der Waals surface area contributed by atoms with Crippen molar-refractivity contribution < 1.29 is 29.5 Å². The van der Waals surface area contributed by atoms with E-state index in [1.165, 1.54) is 7.11 Å². The Morgan fingerprint density at radius 2 is 2.00 bits per heavy atom. The highest BCUT2D eigenvalue weighted by Crippen LogP contribution is 2.24. The van der Waals surface area contributed by atoms with Crippen LogP contribution in [-0.4, -0.2) is 36.6 Å². The summed E-state index contributed by atoms with van der Waals surface area (Å²) in [6, 6.07) is 0. The maximum absolute atomic E-state index is 11.0. The molecular weight excluding hydrogens is 324 g/mol. The van der Waals surface area contributed by atoms with Crippen LogP contribution in [0.4, 0.5) is 0 Å². The zero-order valence-corrected chi connectivity index (χ0v) is 15.4. The minimum absolute atomic E-state index is 0.0999. The molecule has 6 heteroatoms. The molecule has 0 amide bonds. The Labute approximate surface area is 150 Å². The standard InChI is InChI=1S/C19H32O6/c1-3-4-9-13-17(23-21)18-15-16(24-25-18)12-10-7-5-6-8-11-14-19(20)22-2/h4,9-10,12,16-18,21H,3,5-8,11,13-15H2,1-2H3/b9-4-,12-10+. The summed E-state index contributed by atoms with van der Waals surface area (Å²) in [6.07, 6.45) is 15.1. The molecule has 144 valence electrons. The van der Waals surface area contributed by atoms with Crippen LogP contribution in [0.25, 0.3) is 0 Å². The first-order valence-corrected chi connectivity index (χ1v) is 9.22. The third kappa shape index (κ3) is 9.75. The monoisotopic (exact) mass is 356 g/mol. The van der Waals surface area contributed by atoms with Crippen LogP contribution < -0.4 is 0 Å². The van der Waals surface area contributed by atoms with E-state index in [4.69, 9.17) is 15.0 Å². The van der Waals surface area contributed by atoms with Crippen molar-refractivity contribution in [1.82, 2.24) is 0 Å². The number of hydrogen-bond acceptors (Lipinski definition) is 6. The van der Waals surface area contributed by atoms with Crippen molar-refractivity contribution in [2.75, 3.05) is 7.11 Å². The number of carbonyl (C=O) groups is 1. The highest BCUT2D eigenvalue weighted by atomic mass is 17.2. The molecule has 0 aliphatic carbocycles. The van der Waals surface area contributed by atoms with E-state index in [0.29, 0.717) is 19.3 Å². The van der Waals surface area contributed by atoms with Gasteiger partial charge in [-0.05, 0) is 32.1 Å². The number of carbonyl (C=O) groups excluding carboxylic acids is 1. The van der Waals surface area contributed by atoms with E-state index in [1.807, 2.05) is 18.2 Å². The van der Waals surface area contributed by atoms with Crippen LogP contribution in [0.2, 0.25) is 0 Å². The van der Waals surface area contributed by atoms with E-state index in [-0.39, 0.29) is 18.2 Å². The highest BCUT2D eigenvalue weighted by Gasteiger charge is 2.33. The molecule has 1 saturated heterocycles. The third-order valence-electron chi connectivity index (χ3n) is 4.17. The molecule has 1 aliphatic heterocycles. The Morgan fingerprint density at radius 3 is 2.72 bits per heavy atom. The number of rotatable bonds is 13. The van der Waals surface area contributed by atoms with Gasteiger partial charge >= 0.3 is 5.97 Å². The van der Waals surface area contributed by atoms with Gasteiger partial charge in [0.25, 0.3) is 0 Å². The largest absolute Gasteiger partial charge is 0.469 e. The molecular formula is C19H32O6. The number of hydrogen-bond donors (Lipinski definition) is 1. The fourth-order valence-electron chi connectivity index (χ4n) is 2.67. The minimum atomic E-state index is -0.406. The van der Waals surface area contributed by atoms with Gasteiger partial charge in [-0.1, -0.05) is 44.1 Å². The molecule has 0 aromatic heterocycles. The number of ether oxygens (including phenoxy) is 1. The summed E-state index contributed by atoms with van der Waals surface area (Å²) >= 11 is 0. The predicted octanol–water partition coefficient (Wildman–Crippen LogP) is 4.36. The summed E-state index contributed by atoms with van der Waals surface area (Å²) in [5.41, 5.74) is 0. The first kappa shape index (κ1) is 21.8. The topological polar surface area (TPSA) is 74.2 Å². The molecule has 1 fully saturated rings. The van der Waals surface area contributed by atoms with Crippen molar-refractivity contribution in [1.29, 1.82) is 0 Å². The third-order valence-corrected chi connectivity index (χ3v) is 4.17. The molecule has 3 unspecified atom stereocenters. The summed E-state index contributed by atoms with van der Waals surface area (Å²) in [7, 11) is 1.42. The molecule has 0 spiro atoms. The molecule has 0 aromatic carbocycles. The van der Waals surface area contributed by atoms with Gasteiger partial charge in [0, 0.05) is 12.8 Å². The van der Waals surface area contributed by atoms with E-state index in [0.717, 1.165) is 38.5 Å². The molecule has 0 radical (unpaired) electrons. The van der Waals surface area contributed by atoms with Crippen molar-refractivity contribution in [3.05, 3.63) is 24.3 Å². The highest BCUT2D eigenvalue weighted by molar-refractivity contribution is 5.68. The quantitative estimate of drug-likeness (QED) is 0.174. The lowest BCUT2D eigenvalue weighted by Crippen LogP contribution is -2.27. The fourth-order valence-corrected chi connectivity index (χ4v) is 2.67. The lowest BCUT2D eigenvalue weighted by atomic mass is 10.0. The Morgan fingerprint density at radius 1 is 1.20 bits per heavy atom. The van der Waals surface area contributed by atoms with Gasteiger partial charge in [0.05, 0.1) is 7.11 Å². The van der Waals surface area contributed by atoms with E-state index < -0.39 is 6.10 Å². The molecule has 6 nitrogen and oxygen atoms in total. The summed E-state index contributed by atoms with van der Waals surface area (Å²) in [5.74, 6) is -0.136. The van der Waals surface area contributed by atoms with E-state index in [1.54, 1.807) is 0 Å². The number of esters is 1. The van der Waals surface area contributed by atoms with Gasteiger partial charge in [-0.3, -0.25) is 10.1 Å². The van der Waals surface area contributed by atoms with Gasteiger partial charge in [0.1, 0.15) is 18.3 Å².